The highest BCUT2D eigenvalue weighted by molar-refractivity contribution is 6.10. The summed E-state index contributed by atoms with van der Waals surface area (Å²) in [6.07, 6.45) is 0. The Labute approximate surface area is 171 Å². The summed E-state index contributed by atoms with van der Waals surface area (Å²) in [7, 11) is 1.62. The molecule has 0 spiro atoms. The number of nitrogens with one attached hydrogen (secondary N) is 1. The molecule has 146 valence electrons. The van der Waals surface area contributed by atoms with Crippen molar-refractivity contribution in [2.75, 3.05) is 12.4 Å². The van der Waals surface area contributed by atoms with E-state index in [4.69, 9.17) is 4.74 Å². The van der Waals surface area contributed by atoms with Crippen molar-refractivity contribution in [3.63, 3.8) is 0 Å². The molecule has 0 fully saturated rings. The van der Waals surface area contributed by atoms with E-state index in [1.165, 1.54) is 0 Å². The number of carbonyl (C=O) groups is 1. The van der Waals surface area contributed by atoms with Gasteiger partial charge < -0.3 is 10.1 Å². The summed E-state index contributed by atoms with van der Waals surface area (Å²) in [5.41, 5.74) is 3.76. The van der Waals surface area contributed by atoms with Gasteiger partial charge in [-0.05, 0) is 52.9 Å². The molecule has 3 aromatic carbocycles. The number of hydrogen-bond donors (Lipinski definition) is 1. The Morgan fingerprint density at radius 3 is 2.53 bits per heavy atom. The Hall–Kier alpha value is -4.33. The lowest BCUT2D eigenvalue weighted by Gasteiger charge is -2.10. The number of ketones is 1. The van der Waals surface area contributed by atoms with E-state index in [0.29, 0.717) is 33.6 Å². The van der Waals surface area contributed by atoms with Gasteiger partial charge in [0, 0.05) is 16.8 Å². The van der Waals surface area contributed by atoms with Gasteiger partial charge in [0.15, 0.2) is 11.6 Å². The van der Waals surface area contributed by atoms with Gasteiger partial charge >= 0.3 is 0 Å². The number of nitrogens with zero attached hydrogens (tertiary/aromatic N) is 5. The maximum absolute atomic E-state index is 12.8. The van der Waals surface area contributed by atoms with Gasteiger partial charge in [0.1, 0.15) is 5.75 Å². The lowest BCUT2D eigenvalue weighted by atomic mass is 10.0. The molecule has 0 bridgehead atoms. The summed E-state index contributed by atoms with van der Waals surface area (Å²) in [5, 5.41) is 15.2. The Balaban J connectivity index is 1.58. The van der Waals surface area contributed by atoms with Crippen LogP contribution < -0.4 is 10.1 Å². The lowest BCUT2D eigenvalue weighted by Crippen LogP contribution is -2.04. The van der Waals surface area contributed by atoms with Crippen molar-refractivity contribution >= 4 is 34.0 Å². The zero-order valence-corrected chi connectivity index (χ0v) is 16.0. The van der Waals surface area contributed by atoms with Crippen LogP contribution >= 0.6 is 0 Å². The first-order valence-electron chi connectivity index (χ1n) is 9.25. The van der Waals surface area contributed by atoms with E-state index >= 15 is 0 Å². The molecule has 0 saturated carbocycles. The van der Waals surface area contributed by atoms with E-state index in [9.17, 15) is 4.79 Å². The molecule has 0 aliphatic carbocycles. The Kier molecular flexibility index (Phi) is 4.29. The van der Waals surface area contributed by atoms with Gasteiger partial charge in [-0.1, -0.05) is 30.3 Å². The van der Waals surface area contributed by atoms with E-state index in [2.05, 4.69) is 25.8 Å². The SMILES string of the molecule is COc1ccc(Nc2nc3ccc(C(=O)c4ccccc4)cc3n3nnnc23)cc1. The minimum Gasteiger partial charge on any atom is -0.497 e. The van der Waals surface area contributed by atoms with Crippen LogP contribution in [0.15, 0.2) is 72.8 Å². The van der Waals surface area contributed by atoms with Gasteiger partial charge in [0.25, 0.3) is 0 Å². The minimum atomic E-state index is -0.0702. The first-order valence-corrected chi connectivity index (χ1v) is 9.25. The van der Waals surface area contributed by atoms with E-state index in [0.717, 1.165) is 11.4 Å². The molecule has 0 radical (unpaired) electrons. The van der Waals surface area contributed by atoms with Crippen LogP contribution in [0.4, 0.5) is 11.5 Å². The van der Waals surface area contributed by atoms with Crippen LogP contribution in [-0.2, 0) is 0 Å². The molecule has 0 atom stereocenters. The largest absolute Gasteiger partial charge is 0.497 e. The normalized spacial score (nSPS) is 11.0. The molecule has 0 amide bonds. The van der Waals surface area contributed by atoms with E-state index in [-0.39, 0.29) is 5.78 Å². The highest BCUT2D eigenvalue weighted by Gasteiger charge is 2.15. The second kappa shape index (κ2) is 7.25. The van der Waals surface area contributed by atoms with Crippen LogP contribution in [0.1, 0.15) is 15.9 Å². The predicted molar refractivity (Wildman–Crippen MR) is 112 cm³/mol. The number of benzene rings is 3. The smallest absolute Gasteiger partial charge is 0.222 e. The predicted octanol–water partition coefficient (Wildman–Crippen LogP) is 3.66. The molecular formula is C22H16N6O2. The minimum absolute atomic E-state index is 0.0702. The maximum atomic E-state index is 12.8. The number of tetrazole rings is 1. The number of carbonyl (C=O) groups excluding carboxylic acids is 1. The quantitative estimate of drug-likeness (QED) is 0.453. The van der Waals surface area contributed by atoms with E-state index in [1.807, 2.05) is 42.5 Å². The molecule has 8 heteroatoms. The summed E-state index contributed by atoms with van der Waals surface area (Å²) in [4.78, 5) is 17.5. The fourth-order valence-corrected chi connectivity index (χ4v) is 3.25. The average molecular weight is 396 g/mol. The van der Waals surface area contributed by atoms with Crippen LogP contribution in [0.3, 0.4) is 0 Å². The second-order valence-corrected chi connectivity index (χ2v) is 6.63. The number of ether oxygens (including phenoxy) is 1. The van der Waals surface area contributed by atoms with Crippen LogP contribution in [0.2, 0.25) is 0 Å². The van der Waals surface area contributed by atoms with Crippen molar-refractivity contribution in [3.8, 4) is 5.75 Å². The highest BCUT2D eigenvalue weighted by Crippen LogP contribution is 2.25. The van der Waals surface area contributed by atoms with Crippen LogP contribution in [0.25, 0.3) is 16.7 Å². The van der Waals surface area contributed by atoms with Crippen molar-refractivity contribution in [2.45, 2.75) is 0 Å². The summed E-state index contributed by atoms with van der Waals surface area (Å²) >= 11 is 0. The van der Waals surface area contributed by atoms with Gasteiger partial charge in [-0.3, -0.25) is 4.79 Å². The fraction of sp³-hybridized carbons (Fsp3) is 0.0455. The first-order chi connectivity index (χ1) is 14.7. The molecule has 8 nitrogen and oxygen atoms in total. The van der Waals surface area contributed by atoms with Gasteiger partial charge in [-0.2, -0.15) is 4.52 Å². The number of methoxy groups -OCH3 is 1. The molecule has 2 heterocycles. The molecule has 0 unspecified atom stereocenters. The molecule has 30 heavy (non-hydrogen) atoms. The molecule has 2 aromatic heterocycles. The Morgan fingerprint density at radius 1 is 0.967 bits per heavy atom. The standard InChI is InChI=1S/C22H16N6O2/c1-30-17-10-8-16(9-11-17)23-21-22-25-26-27-28(22)19-13-15(7-12-18(19)24-21)20(29)14-5-3-2-4-6-14/h2-13H,1H3,(H,23,24). The van der Waals surface area contributed by atoms with Gasteiger partial charge in [-0.25, -0.2) is 4.98 Å². The number of hydrogen-bond acceptors (Lipinski definition) is 7. The molecule has 0 saturated heterocycles. The molecule has 5 aromatic rings. The topological polar surface area (TPSA) is 94.3 Å². The molecule has 1 N–H and O–H groups in total. The van der Waals surface area contributed by atoms with Crippen molar-refractivity contribution in [2.24, 2.45) is 0 Å². The lowest BCUT2D eigenvalue weighted by molar-refractivity contribution is 0.103. The molecule has 5 rings (SSSR count). The van der Waals surface area contributed by atoms with Gasteiger partial charge in [0.05, 0.1) is 18.1 Å². The zero-order valence-electron chi connectivity index (χ0n) is 16.0. The average Bonchev–Trinajstić information content (AvgIpc) is 3.30. The highest BCUT2D eigenvalue weighted by atomic mass is 16.5. The van der Waals surface area contributed by atoms with Crippen LogP contribution in [0, 0.1) is 0 Å². The van der Waals surface area contributed by atoms with E-state index in [1.54, 1.807) is 42.0 Å². The monoisotopic (exact) mass is 396 g/mol. The Morgan fingerprint density at radius 2 is 1.77 bits per heavy atom. The summed E-state index contributed by atoms with van der Waals surface area (Å²) < 4.78 is 6.77. The van der Waals surface area contributed by atoms with Crippen molar-refractivity contribution < 1.29 is 9.53 Å². The third-order valence-corrected chi connectivity index (χ3v) is 4.77. The van der Waals surface area contributed by atoms with E-state index < -0.39 is 0 Å². The third kappa shape index (κ3) is 3.10. The zero-order chi connectivity index (χ0) is 20.5. The van der Waals surface area contributed by atoms with Gasteiger partial charge in [-0.15, -0.1) is 5.10 Å². The first kappa shape index (κ1) is 17.7. The van der Waals surface area contributed by atoms with Crippen molar-refractivity contribution in [1.29, 1.82) is 0 Å². The maximum Gasteiger partial charge on any atom is 0.222 e. The fourth-order valence-electron chi connectivity index (χ4n) is 3.25. The second-order valence-electron chi connectivity index (χ2n) is 6.63. The summed E-state index contributed by atoms with van der Waals surface area (Å²) in [5.74, 6) is 1.20. The summed E-state index contributed by atoms with van der Waals surface area (Å²) in [6, 6.07) is 21.9. The molecular weight excluding hydrogens is 380 g/mol. The number of aromatic nitrogens is 5. The van der Waals surface area contributed by atoms with Gasteiger partial charge in [0.2, 0.25) is 5.65 Å². The number of fused-ring (bicyclic) bond motifs is 3. The van der Waals surface area contributed by atoms with Crippen molar-refractivity contribution in [3.05, 3.63) is 83.9 Å². The molecule has 0 aliphatic heterocycles. The number of rotatable bonds is 5. The summed E-state index contributed by atoms with van der Waals surface area (Å²) in [6.45, 7) is 0. The van der Waals surface area contributed by atoms with Crippen LogP contribution in [-0.4, -0.2) is 37.9 Å². The molecule has 0 aliphatic rings. The van der Waals surface area contributed by atoms with Crippen molar-refractivity contribution in [1.82, 2.24) is 25.0 Å². The Bertz CT molecular complexity index is 1360. The van der Waals surface area contributed by atoms with Crippen LogP contribution in [0.5, 0.6) is 5.75 Å². The third-order valence-electron chi connectivity index (χ3n) is 4.77. The number of anilines is 2.